The Bertz CT molecular complexity index is 1250. The van der Waals surface area contributed by atoms with Crippen LogP contribution in [0.1, 0.15) is 29.2 Å². The molecule has 0 unspecified atom stereocenters. The molecule has 0 saturated carbocycles. The first-order valence-electron chi connectivity index (χ1n) is 10.3. The molecule has 3 heteroatoms. The summed E-state index contributed by atoms with van der Waals surface area (Å²) in [4.78, 5) is 0. The molecule has 4 aromatic rings. The average Bonchev–Trinajstić information content (AvgIpc) is 2.80. The van der Waals surface area contributed by atoms with Gasteiger partial charge in [0.15, 0.2) is 11.6 Å². The second-order valence-corrected chi connectivity index (χ2v) is 7.32. The lowest BCUT2D eigenvalue weighted by atomic mass is 10.0. The van der Waals surface area contributed by atoms with Gasteiger partial charge in [-0.1, -0.05) is 48.2 Å². The van der Waals surface area contributed by atoms with E-state index in [0.29, 0.717) is 12.0 Å². The second kappa shape index (κ2) is 9.45. The fourth-order valence-corrected chi connectivity index (χ4v) is 3.45. The molecule has 0 radical (unpaired) electrons. The Balaban J connectivity index is 1.40. The number of halogens is 2. The predicted molar refractivity (Wildman–Crippen MR) is 121 cm³/mol. The van der Waals surface area contributed by atoms with Gasteiger partial charge in [0, 0.05) is 16.5 Å². The van der Waals surface area contributed by atoms with E-state index >= 15 is 0 Å². The molecule has 31 heavy (non-hydrogen) atoms. The van der Waals surface area contributed by atoms with Crippen LogP contribution in [0.5, 0.6) is 5.75 Å². The Morgan fingerprint density at radius 3 is 2.00 bits per heavy atom. The zero-order valence-corrected chi connectivity index (χ0v) is 17.3. The van der Waals surface area contributed by atoms with Crippen LogP contribution in [0.4, 0.5) is 8.78 Å². The van der Waals surface area contributed by atoms with Crippen molar-refractivity contribution in [3.05, 3.63) is 113 Å². The van der Waals surface area contributed by atoms with E-state index in [9.17, 15) is 8.78 Å². The van der Waals surface area contributed by atoms with Gasteiger partial charge in [-0.2, -0.15) is 0 Å². The fraction of sp³-hybridized carbons (Fsp3) is 0.143. The van der Waals surface area contributed by atoms with Crippen molar-refractivity contribution in [1.29, 1.82) is 0 Å². The Labute approximate surface area is 181 Å². The van der Waals surface area contributed by atoms with Crippen LogP contribution in [0.25, 0.3) is 10.8 Å². The lowest BCUT2D eigenvalue weighted by Gasteiger charge is -2.05. The van der Waals surface area contributed by atoms with Crippen LogP contribution in [-0.2, 0) is 12.8 Å². The highest BCUT2D eigenvalue weighted by atomic mass is 19.2. The first-order chi connectivity index (χ1) is 15.1. The van der Waals surface area contributed by atoms with E-state index < -0.39 is 11.6 Å². The summed E-state index contributed by atoms with van der Waals surface area (Å²) >= 11 is 0. The van der Waals surface area contributed by atoms with Crippen molar-refractivity contribution in [3.8, 4) is 17.6 Å². The van der Waals surface area contributed by atoms with E-state index in [-0.39, 0.29) is 5.39 Å². The smallest absolute Gasteiger partial charge is 0.166 e. The highest BCUT2D eigenvalue weighted by Gasteiger charge is 2.06. The third-order valence-electron chi connectivity index (χ3n) is 5.15. The highest BCUT2D eigenvalue weighted by Crippen LogP contribution is 2.21. The molecule has 0 aliphatic carbocycles. The SMILES string of the molecule is CCOc1ccc(CCc2ccc(C#Cc3ccc4c(F)c(F)ccc4c3)cc2)cc1. The molecule has 0 bridgehead atoms. The zero-order chi connectivity index (χ0) is 21.6. The largest absolute Gasteiger partial charge is 0.494 e. The zero-order valence-electron chi connectivity index (χ0n) is 17.3. The van der Waals surface area contributed by atoms with E-state index in [1.54, 1.807) is 24.3 Å². The van der Waals surface area contributed by atoms with Gasteiger partial charge in [-0.3, -0.25) is 0 Å². The molecule has 4 rings (SSSR count). The van der Waals surface area contributed by atoms with Gasteiger partial charge in [0.1, 0.15) is 5.75 Å². The van der Waals surface area contributed by atoms with Crippen LogP contribution in [0, 0.1) is 23.5 Å². The van der Waals surface area contributed by atoms with Crippen molar-refractivity contribution >= 4 is 10.8 Å². The Kier molecular flexibility index (Phi) is 6.29. The number of ether oxygens (including phenoxy) is 1. The Morgan fingerprint density at radius 1 is 0.710 bits per heavy atom. The molecule has 154 valence electrons. The van der Waals surface area contributed by atoms with Crippen LogP contribution in [0.2, 0.25) is 0 Å². The molecule has 0 aliphatic heterocycles. The number of aryl methyl sites for hydroxylation is 2. The van der Waals surface area contributed by atoms with E-state index in [1.807, 2.05) is 31.2 Å². The normalized spacial score (nSPS) is 10.5. The van der Waals surface area contributed by atoms with E-state index in [2.05, 4.69) is 36.1 Å². The van der Waals surface area contributed by atoms with Crippen molar-refractivity contribution in [2.24, 2.45) is 0 Å². The quantitative estimate of drug-likeness (QED) is 0.331. The topological polar surface area (TPSA) is 9.23 Å². The molecule has 4 aromatic carbocycles. The van der Waals surface area contributed by atoms with Crippen LogP contribution in [0.3, 0.4) is 0 Å². The van der Waals surface area contributed by atoms with Crippen molar-refractivity contribution in [1.82, 2.24) is 0 Å². The maximum Gasteiger partial charge on any atom is 0.166 e. The highest BCUT2D eigenvalue weighted by molar-refractivity contribution is 5.84. The minimum Gasteiger partial charge on any atom is -0.494 e. The van der Waals surface area contributed by atoms with Crippen LogP contribution >= 0.6 is 0 Å². The van der Waals surface area contributed by atoms with Gasteiger partial charge in [-0.05, 0) is 78.7 Å². The summed E-state index contributed by atoms with van der Waals surface area (Å²) in [5.74, 6) is 5.48. The molecule has 1 nitrogen and oxygen atoms in total. The van der Waals surface area contributed by atoms with Gasteiger partial charge in [0.25, 0.3) is 0 Å². The molecule has 0 aliphatic rings. The van der Waals surface area contributed by atoms with E-state index in [0.717, 1.165) is 35.8 Å². The number of hydrogen-bond donors (Lipinski definition) is 0. The molecular formula is C28H22F2O. The van der Waals surface area contributed by atoms with Crippen LogP contribution in [0.15, 0.2) is 78.9 Å². The molecule has 0 heterocycles. The van der Waals surface area contributed by atoms with Gasteiger partial charge in [0.2, 0.25) is 0 Å². The summed E-state index contributed by atoms with van der Waals surface area (Å²) in [5.41, 5.74) is 4.20. The molecule has 0 atom stereocenters. The number of rotatable bonds is 5. The van der Waals surface area contributed by atoms with E-state index in [4.69, 9.17) is 4.74 Å². The molecule has 0 spiro atoms. The van der Waals surface area contributed by atoms with Crippen molar-refractivity contribution < 1.29 is 13.5 Å². The van der Waals surface area contributed by atoms with Crippen molar-refractivity contribution in [3.63, 3.8) is 0 Å². The van der Waals surface area contributed by atoms with Crippen molar-refractivity contribution in [2.45, 2.75) is 19.8 Å². The monoisotopic (exact) mass is 412 g/mol. The Hall–Kier alpha value is -3.64. The van der Waals surface area contributed by atoms with Gasteiger partial charge < -0.3 is 4.74 Å². The summed E-state index contributed by atoms with van der Waals surface area (Å²) in [6.07, 6.45) is 1.92. The molecule has 0 saturated heterocycles. The molecule has 0 fully saturated rings. The number of fused-ring (bicyclic) bond motifs is 1. The fourth-order valence-electron chi connectivity index (χ4n) is 3.45. The minimum atomic E-state index is -0.839. The van der Waals surface area contributed by atoms with Crippen LogP contribution in [-0.4, -0.2) is 6.61 Å². The third kappa shape index (κ3) is 5.10. The standard InChI is InChI=1S/C28H22F2O/c1-2-31-25-15-11-22(12-16-25)8-7-20-3-5-21(6-4-20)9-10-23-13-17-26-24(19-23)14-18-27(29)28(26)30/h3-6,11-19H,2,7-8H2,1H3. The van der Waals surface area contributed by atoms with Gasteiger partial charge >= 0.3 is 0 Å². The van der Waals surface area contributed by atoms with Crippen LogP contribution < -0.4 is 4.74 Å². The summed E-state index contributed by atoms with van der Waals surface area (Å²) < 4.78 is 32.6. The molecule has 0 aromatic heterocycles. The maximum absolute atomic E-state index is 13.8. The summed E-state index contributed by atoms with van der Waals surface area (Å²) in [7, 11) is 0. The average molecular weight is 412 g/mol. The summed E-state index contributed by atoms with van der Waals surface area (Å²) in [6.45, 7) is 2.65. The first-order valence-corrected chi connectivity index (χ1v) is 10.3. The molecular weight excluding hydrogens is 390 g/mol. The second-order valence-electron chi connectivity index (χ2n) is 7.32. The first kappa shape index (κ1) is 20.6. The lowest BCUT2D eigenvalue weighted by molar-refractivity contribution is 0.340. The summed E-state index contributed by atoms with van der Waals surface area (Å²) in [6, 6.07) is 24.2. The van der Waals surface area contributed by atoms with Gasteiger partial charge in [0.05, 0.1) is 6.61 Å². The number of hydrogen-bond acceptors (Lipinski definition) is 1. The Morgan fingerprint density at radius 2 is 1.32 bits per heavy atom. The van der Waals surface area contributed by atoms with E-state index in [1.165, 1.54) is 11.1 Å². The molecule has 0 N–H and O–H groups in total. The van der Waals surface area contributed by atoms with Gasteiger partial charge in [-0.25, -0.2) is 8.78 Å². The minimum absolute atomic E-state index is 0.266. The van der Waals surface area contributed by atoms with Gasteiger partial charge in [-0.15, -0.1) is 0 Å². The lowest BCUT2D eigenvalue weighted by Crippen LogP contribution is -1.94. The number of benzene rings is 4. The van der Waals surface area contributed by atoms with Crippen molar-refractivity contribution in [2.75, 3.05) is 6.61 Å². The molecule has 0 amide bonds. The third-order valence-corrected chi connectivity index (χ3v) is 5.15. The summed E-state index contributed by atoms with van der Waals surface area (Å²) in [5, 5.41) is 0.901. The predicted octanol–water partition coefficient (Wildman–Crippen LogP) is 6.70. The maximum atomic E-state index is 13.8.